The van der Waals surface area contributed by atoms with Crippen molar-refractivity contribution in [2.24, 2.45) is 4.99 Å². The van der Waals surface area contributed by atoms with E-state index in [0.717, 1.165) is 25.9 Å². The molecule has 7 nitrogen and oxygen atoms in total. The van der Waals surface area contributed by atoms with Crippen molar-refractivity contribution in [3.63, 3.8) is 0 Å². The summed E-state index contributed by atoms with van der Waals surface area (Å²) in [5, 5.41) is 6.56. The maximum atomic E-state index is 12.4. The molecule has 0 radical (unpaired) electrons. The summed E-state index contributed by atoms with van der Waals surface area (Å²) in [5.41, 5.74) is 0.612. The van der Waals surface area contributed by atoms with Gasteiger partial charge in [0.25, 0.3) is 10.0 Å². The van der Waals surface area contributed by atoms with Crippen LogP contribution < -0.4 is 15.4 Å². The van der Waals surface area contributed by atoms with E-state index in [1.807, 2.05) is 0 Å². The number of sulfonamides is 1. The number of ether oxygens (including phenoxy) is 1. The van der Waals surface area contributed by atoms with Gasteiger partial charge in [-0.05, 0) is 49.7 Å². The zero-order valence-electron chi connectivity index (χ0n) is 13.8. The first-order valence-electron chi connectivity index (χ1n) is 8.35. The smallest absolute Gasteiger partial charge is 0.262 e. The quantitative estimate of drug-likeness (QED) is 0.671. The van der Waals surface area contributed by atoms with E-state index in [-0.39, 0.29) is 11.0 Å². The predicted octanol–water partition coefficient (Wildman–Crippen LogP) is 1.62. The predicted molar refractivity (Wildman–Crippen MR) is 101 cm³/mol. The number of amidine groups is 1. The number of benzene rings is 1. The van der Waals surface area contributed by atoms with Crippen molar-refractivity contribution in [2.75, 3.05) is 25.0 Å². The van der Waals surface area contributed by atoms with Gasteiger partial charge in [0.2, 0.25) is 0 Å². The van der Waals surface area contributed by atoms with Gasteiger partial charge in [0.15, 0.2) is 5.11 Å². The number of thiocarbonyl (C=S) groups is 1. The largest absolute Gasteiger partial charge is 0.376 e. The van der Waals surface area contributed by atoms with Gasteiger partial charge in [0, 0.05) is 31.8 Å². The first kappa shape index (κ1) is 18.1. The number of rotatable bonds is 5. The van der Waals surface area contributed by atoms with E-state index < -0.39 is 10.0 Å². The van der Waals surface area contributed by atoms with Crippen molar-refractivity contribution in [2.45, 2.75) is 36.7 Å². The molecule has 2 aliphatic rings. The first-order chi connectivity index (χ1) is 12.0. The third kappa shape index (κ3) is 5.13. The van der Waals surface area contributed by atoms with Gasteiger partial charge in [-0.3, -0.25) is 9.71 Å². The van der Waals surface area contributed by atoms with Crippen LogP contribution in [0.2, 0.25) is 0 Å². The zero-order valence-corrected chi connectivity index (χ0v) is 15.5. The average Bonchev–Trinajstić information content (AvgIpc) is 3.26. The molecule has 0 saturated carbocycles. The molecule has 1 fully saturated rings. The molecule has 0 aromatic heterocycles. The zero-order chi connectivity index (χ0) is 17.7. The molecule has 1 saturated heterocycles. The van der Waals surface area contributed by atoms with Crippen LogP contribution in [-0.2, 0) is 14.8 Å². The number of hydrogen-bond acceptors (Lipinski definition) is 5. The van der Waals surface area contributed by atoms with Crippen LogP contribution in [0.1, 0.15) is 25.7 Å². The van der Waals surface area contributed by atoms with E-state index in [4.69, 9.17) is 17.0 Å². The number of aliphatic imine (C=N–C) groups is 1. The summed E-state index contributed by atoms with van der Waals surface area (Å²) in [6.07, 6.45) is 3.82. The average molecular weight is 383 g/mol. The lowest BCUT2D eigenvalue weighted by Gasteiger charge is -2.14. The van der Waals surface area contributed by atoms with Crippen LogP contribution in [0.3, 0.4) is 0 Å². The second-order valence-electron chi connectivity index (χ2n) is 6.04. The number of nitrogens with one attached hydrogen (secondary N) is 3. The number of anilines is 1. The van der Waals surface area contributed by atoms with Crippen molar-refractivity contribution in [3.05, 3.63) is 24.3 Å². The number of hydrogen-bond donors (Lipinski definition) is 3. The van der Waals surface area contributed by atoms with Gasteiger partial charge in [-0.15, -0.1) is 0 Å². The Labute approximate surface area is 153 Å². The fourth-order valence-corrected chi connectivity index (χ4v) is 4.10. The normalized spacial score (nSPS) is 20.2. The highest BCUT2D eigenvalue weighted by molar-refractivity contribution is 7.90. The summed E-state index contributed by atoms with van der Waals surface area (Å²) in [6, 6.07) is 6.55. The molecule has 0 unspecified atom stereocenters. The van der Waals surface area contributed by atoms with Crippen molar-refractivity contribution in [3.8, 4) is 0 Å². The lowest BCUT2D eigenvalue weighted by atomic mass is 10.2. The van der Waals surface area contributed by atoms with Gasteiger partial charge < -0.3 is 15.4 Å². The lowest BCUT2D eigenvalue weighted by Crippen LogP contribution is -2.35. The van der Waals surface area contributed by atoms with Crippen LogP contribution >= 0.6 is 12.2 Å². The molecule has 25 heavy (non-hydrogen) atoms. The third-order valence-electron chi connectivity index (χ3n) is 4.04. The van der Waals surface area contributed by atoms with E-state index >= 15 is 0 Å². The fraction of sp³-hybridized carbons (Fsp3) is 0.500. The minimum absolute atomic E-state index is 0.175. The van der Waals surface area contributed by atoms with E-state index in [9.17, 15) is 8.42 Å². The third-order valence-corrected chi connectivity index (χ3v) is 5.67. The highest BCUT2D eigenvalue weighted by Crippen LogP contribution is 2.16. The Balaban J connectivity index is 1.59. The second-order valence-corrected chi connectivity index (χ2v) is 8.13. The Morgan fingerprint density at radius 3 is 2.96 bits per heavy atom. The molecule has 2 aliphatic heterocycles. The van der Waals surface area contributed by atoms with Crippen LogP contribution in [-0.4, -0.2) is 45.2 Å². The van der Waals surface area contributed by atoms with Gasteiger partial charge in [0.1, 0.15) is 5.84 Å². The standard InChI is InChI=1S/C16H22N4O3S2/c21-25(22,20-15-7-2-8-17-15)14-6-1-4-12(10-14)19-16(24)18-11-13-5-3-9-23-13/h1,4,6,10,13H,2-3,5,7-9,11H2,(H,17,20)(H2,18,19,24)/t13-/m1/s1. The Morgan fingerprint density at radius 1 is 1.36 bits per heavy atom. The molecular formula is C16H22N4O3S2. The van der Waals surface area contributed by atoms with Crippen molar-refractivity contribution >= 4 is 38.9 Å². The van der Waals surface area contributed by atoms with Crippen LogP contribution in [0.25, 0.3) is 0 Å². The monoisotopic (exact) mass is 382 g/mol. The maximum absolute atomic E-state index is 12.4. The minimum atomic E-state index is -3.63. The van der Waals surface area contributed by atoms with Crippen molar-refractivity contribution in [1.29, 1.82) is 0 Å². The summed E-state index contributed by atoms with van der Waals surface area (Å²) >= 11 is 5.26. The van der Waals surface area contributed by atoms with E-state index in [1.54, 1.807) is 24.3 Å². The van der Waals surface area contributed by atoms with Crippen LogP contribution in [0.15, 0.2) is 34.2 Å². The van der Waals surface area contributed by atoms with Crippen LogP contribution in [0.4, 0.5) is 5.69 Å². The van der Waals surface area contributed by atoms with E-state index in [0.29, 0.717) is 36.1 Å². The summed E-state index contributed by atoms with van der Waals surface area (Å²) in [4.78, 5) is 4.32. The molecule has 9 heteroatoms. The molecule has 1 aromatic carbocycles. The molecule has 1 atom stereocenters. The van der Waals surface area contributed by atoms with Crippen LogP contribution in [0, 0.1) is 0 Å². The van der Waals surface area contributed by atoms with Gasteiger partial charge in [-0.1, -0.05) is 6.07 Å². The topological polar surface area (TPSA) is 91.8 Å². The van der Waals surface area contributed by atoms with Crippen molar-refractivity contribution in [1.82, 2.24) is 10.0 Å². The Bertz CT molecular complexity index is 758. The second kappa shape index (κ2) is 8.11. The van der Waals surface area contributed by atoms with Gasteiger partial charge in [-0.25, -0.2) is 8.42 Å². The molecule has 0 amide bonds. The van der Waals surface area contributed by atoms with Gasteiger partial charge >= 0.3 is 0 Å². The highest BCUT2D eigenvalue weighted by Gasteiger charge is 2.19. The Hall–Kier alpha value is -1.71. The molecule has 1 aromatic rings. The molecule has 0 spiro atoms. The first-order valence-corrected chi connectivity index (χ1v) is 10.2. The molecular weight excluding hydrogens is 360 g/mol. The summed E-state index contributed by atoms with van der Waals surface area (Å²) in [6.45, 7) is 2.11. The Morgan fingerprint density at radius 2 is 2.24 bits per heavy atom. The molecule has 136 valence electrons. The molecule has 0 aliphatic carbocycles. The Kier molecular flexibility index (Phi) is 5.87. The SMILES string of the molecule is O=S(=O)(NC1=NCCC1)c1cccc(NC(=S)NC[C@H]2CCCO2)c1. The number of nitrogens with zero attached hydrogens (tertiary/aromatic N) is 1. The van der Waals surface area contributed by atoms with E-state index in [2.05, 4.69) is 20.3 Å². The van der Waals surface area contributed by atoms with Crippen molar-refractivity contribution < 1.29 is 13.2 Å². The molecule has 3 N–H and O–H groups in total. The highest BCUT2D eigenvalue weighted by atomic mass is 32.2. The molecule has 2 heterocycles. The van der Waals surface area contributed by atoms with Gasteiger partial charge in [0.05, 0.1) is 11.0 Å². The van der Waals surface area contributed by atoms with Crippen LogP contribution in [0.5, 0.6) is 0 Å². The summed E-state index contributed by atoms with van der Waals surface area (Å²) in [5.74, 6) is 0.520. The summed E-state index contributed by atoms with van der Waals surface area (Å²) < 4.78 is 33.0. The minimum Gasteiger partial charge on any atom is -0.376 e. The lowest BCUT2D eigenvalue weighted by molar-refractivity contribution is 0.114. The summed E-state index contributed by atoms with van der Waals surface area (Å²) in [7, 11) is -3.63. The van der Waals surface area contributed by atoms with Gasteiger partial charge in [-0.2, -0.15) is 0 Å². The molecule has 3 rings (SSSR count). The maximum Gasteiger partial charge on any atom is 0.262 e. The van der Waals surface area contributed by atoms with E-state index in [1.165, 1.54) is 0 Å². The molecule has 0 bridgehead atoms. The fourth-order valence-electron chi connectivity index (χ4n) is 2.77.